The molecule has 1 N–H and O–H groups in total. The molecule has 0 bridgehead atoms. The van der Waals surface area contributed by atoms with Gasteiger partial charge < -0.3 is 14.6 Å². The number of halogens is 1. The van der Waals surface area contributed by atoms with Crippen molar-refractivity contribution in [1.82, 2.24) is 0 Å². The second kappa shape index (κ2) is 5.74. The van der Waals surface area contributed by atoms with Gasteiger partial charge in [-0.2, -0.15) is 0 Å². The zero-order chi connectivity index (χ0) is 14.8. The van der Waals surface area contributed by atoms with Crippen LogP contribution in [0.5, 0.6) is 11.5 Å². The summed E-state index contributed by atoms with van der Waals surface area (Å²) in [7, 11) is 0. The lowest BCUT2D eigenvalue weighted by Gasteiger charge is -2.15. The van der Waals surface area contributed by atoms with Gasteiger partial charge >= 0.3 is 0 Å². The van der Waals surface area contributed by atoms with E-state index in [4.69, 9.17) is 9.47 Å². The number of aryl methyl sites for hydroxylation is 1. The molecule has 0 fully saturated rings. The average molecular weight is 288 g/mol. The Balaban J connectivity index is 1.96. The third-order valence-electron chi connectivity index (χ3n) is 3.53. The van der Waals surface area contributed by atoms with Crippen LogP contribution in [0.1, 0.15) is 29.2 Å². The molecule has 0 aromatic heterocycles. The molecule has 0 radical (unpaired) electrons. The third kappa shape index (κ3) is 2.85. The van der Waals surface area contributed by atoms with Gasteiger partial charge in [-0.05, 0) is 30.7 Å². The molecule has 4 heteroatoms. The summed E-state index contributed by atoms with van der Waals surface area (Å²) in [5.74, 6) is 0.838. The van der Waals surface area contributed by atoms with Gasteiger partial charge in [0.05, 0.1) is 13.2 Å². The minimum atomic E-state index is -1.03. The van der Waals surface area contributed by atoms with Crippen molar-refractivity contribution in [2.24, 2.45) is 0 Å². The van der Waals surface area contributed by atoms with Gasteiger partial charge in [-0.3, -0.25) is 0 Å². The second-order valence-electron chi connectivity index (χ2n) is 5.18. The summed E-state index contributed by atoms with van der Waals surface area (Å²) < 4.78 is 25.0. The van der Waals surface area contributed by atoms with Crippen molar-refractivity contribution in [1.29, 1.82) is 0 Å². The van der Waals surface area contributed by atoms with Gasteiger partial charge in [-0.25, -0.2) is 4.39 Å². The normalized spacial score (nSPS) is 15.4. The van der Waals surface area contributed by atoms with Crippen LogP contribution in [-0.4, -0.2) is 18.3 Å². The molecule has 110 valence electrons. The Labute approximate surface area is 122 Å². The Morgan fingerprint density at radius 1 is 1.05 bits per heavy atom. The van der Waals surface area contributed by atoms with Gasteiger partial charge in [0.25, 0.3) is 0 Å². The van der Waals surface area contributed by atoms with Crippen LogP contribution in [0.25, 0.3) is 0 Å². The topological polar surface area (TPSA) is 38.7 Å². The summed E-state index contributed by atoms with van der Waals surface area (Å²) in [4.78, 5) is 0. The van der Waals surface area contributed by atoms with Gasteiger partial charge in [0.2, 0.25) is 0 Å². The van der Waals surface area contributed by atoms with Gasteiger partial charge in [-0.1, -0.05) is 23.8 Å². The monoisotopic (exact) mass is 288 g/mol. The molecule has 3 rings (SSSR count). The summed E-state index contributed by atoms with van der Waals surface area (Å²) in [6.45, 7) is 3.05. The number of benzene rings is 2. The maximum Gasteiger partial charge on any atom is 0.161 e. The van der Waals surface area contributed by atoms with E-state index in [-0.39, 0.29) is 5.56 Å². The van der Waals surface area contributed by atoms with Gasteiger partial charge in [0.15, 0.2) is 11.5 Å². The van der Waals surface area contributed by atoms with Crippen molar-refractivity contribution in [3.8, 4) is 11.5 Å². The SMILES string of the molecule is Cc1ccc(F)c(C(O)c2ccc3c(c2)OCCCO3)c1. The minimum absolute atomic E-state index is 0.268. The number of fused-ring (bicyclic) bond motifs is 1. The van der Waals surface area contributed by atoms with Crippen molar-refractivity contribution in [2.75, 3.05) is 13.2 Å². The van der Waals surface area contributed by atoms with Crippen LogP contribution >= 0.6 is 0 Å². The quantitative estimate of drug-likeness (QED) is 0.920. The van der Waals surface area contributed by atoms with Crippen molar-refractivity contribution in [2.45, 2.75) is 19.4 Å². The smallest absolute Gasteiger partial charge is 0.161 e. The molecule has 0 aliphatic carbocycles. The van der Waals surface area contributed by atoms with Crippen LogP contribution in [0.4, 0.5) is 4.39 Å². The Kier molecular flexibility index (Phi) is 3.80. The summed E-state index contributed by atoms with van der Waals surface area (Å²) in [5, 5.41) is 10.4. The van der Waals surface area contributed by atoms with E-state index in [1.807, 2.05) is 6.92 Å². The van der Waals surface area contributed by atoms with E-state index >= 15 is 0 Å². The maximum absolute atomic E-state index is 13.9. The number of aliphatic hydroxyl groups excluding tert-OH is 1. The highest BCUT2D eigenvalue weighted by atomic mass is 19.1. The van der Waals surface area contributed by atoms with E-state index in [0.717, 1.165) is 12.0 Å². The van der Waals surface area contributed by atoms with E-state index in [1.54, 1.807) is 30.3 Å². The molecule has 1 atom stereocenters. The molecular formula is C17H17FO3. The highest BCUT2D eigenvalue weighted by Gasteiger charge is 2.18. The molecule has 2 aromatic rings. The van der Waals surface area contributed by atoms with Crippen molar-refractivity contribution < 1.29 is 19.0 Å². The van der Waals surface area contributed by atoms with E-state index in [1.165, 1.54) is 6.07 Å². The fraction of sp³-hybridized carbons (Fsp3) is 0.294. The molecule has 1 unspecified atom stereocenters. The van der Waals surface area contributed by atoms with Gasteiger partial charge in [0, 0.05) is 12.0 Å². The fourth-order valence-corrected chi connectivity index (χ4v) is 2.40. The standard InChI is InChI=1S/C17H17FO3/c1-11-3-5-14(18)13(9-11)17(19)12-4-6-15-16(10-12)21-8-2-7-20-15/h3-6,9-10,17,19H,2,7-8H2,1H3. The number of rotatable bonds is 2. The Morgan fingerprint density at radius 3 is 2.62 bits per heavy atom. The van der Waals surface area contributed by atoms with Crippen molar-refractivity contribution in [3.63, 3.8) is 0 Å². The molecular weight excluding hydrogens is 271 g/mol. The molecule has 0 saturated carbocycles. The number of aliphatic hydroxyl groups is 1. The first-order valence-corrected chi connectivity index (χ1v) is 6.99. The van der Waals surface area contributed by atoms with Crippen LogP contribution < -0.4 is 9.47 Å². The Bertz CT molecular complexity index is 654. The van der Waals surface area contributed by atoms with E-state index < -0.39 is 11.9 Å². The van der Waals surface area contributed by atoms with E-state index in [2.05, 4.69) is 0 Å². The van der Waals surface area contributed by atoms with Crippen molar-refractivity contribution in [3.05, 3.63) is 58.9 Å². The molecule has 0 saturated heterocycles. The predicted octanol–water partition coefficient (Wildman–Crippen LogP) is 3.38. The molecule has 21 heavy (non-hydrogen) atoms. The largest absolute Gasteiger partial charge is 0.490 e. The first-order valence-electron chi connectivity index (χ1n) is 6.99. The molecule has 0 spiro atoms. The van der Waals surface area contributed by atoms with Gasteiger partial charge in [0.1, 0.15) is 11.9 Å². The zero-order valence-corrected chi connectivity index (χ0v) is 11.8. The molecule has 1 heterocycles. The number of ether oxygens (including phenoxy) is 2. The lowest BCUT2D eigenvalue weighted by molar-refractivity contribution is 0.214. The first-order chi connectivity index (χ1) is 10.1. The lowest BCUT2D eigenvalue weighted by atomic mass is 9.99. The fourth-order valence-electron chi connectivity index (χ4n) is 2.40. The number of hydrogen-bond acceptors (Lipinski definition) is 3. The second-order valence-corrected chi connectivity index (χ2v) is 5.18. The van der Waals surface area contributed by atoms with Crippen molar-refractivity contribution >= 4 is 0 Å². The molecule has 3 nitrogen and oxygen atoms in total. The van der Waals surface area contributed by atoms with Crippen LogP contribution in [0.3, 0.4) is 0 Å². The van der Waals surface area contributed by atoms with Gasteiger partial charge in [-0.15, -0.1) is 0 Å². The Morgan fingerprint density at radius 2 is 1.81 bits per heavy atom. The third-order valence-corrected chi connectivity index (χ3v) is 3.53. The van der Waals surface area contributed by atoms with E-state index in [0.29, 0.717) is 30.3 Å². The highest BCUT2D eigenvalue weighted by Crippen LogP contribution is 2.34. The lowest BCUT2D eigenvalue weighted by Crippen LogP contribution is -2.04. The van der Waals surface area contributed by atoms with Crippen LogP contribution in [0.15, 0.2) is 36.4 Å². The average Bonchev–Trinajstić information content (AvgIpc) is 2.73. The summed E-state index contributed by atoms with van der Waals surface area (Å²) in [6.07, 6.45) is -0.207. The first kappa shape index (κ1) is 13.9. The van der Waals surface area contributed by atoms with Crippen LogP contribution in [0, 0.1) is 12.7 Å². The van der Waals surface area contributed by atoms with Crippen LogP contribution in [0.2, 0.25) is 0 Å². The summed E-state index contributed by atoms with van der Waals surface area (Å²) >= 11 is 0. The minimum Gasteiger partial charge on any atom is -0.490 e. The molecule has 1 aliphatic rings. The summed E-state index contributed by atoms with van der Waals surface area (Å²) in [5.41, 5.74) is 1.76. The zero-order valence-electron chi connectivity index (χ0n) is 11.8. The maximum atomic E-state index is 13.9. The summed E-state index contributed by atoms with van der Waals surface area (Å²) in [6, 6.07) is 9.92. The highest BCUT2D eigenvalue weighted by molar-refractivity contribution is 5.46. The Hall–Kier alpha value is -2.07. The number of hydrogen-bond donors (Lipinski definition) is 1. The molecule has 0 amide bonds. The predicted molar refractivity (Wildman–Crippen MR) is 77.2 cm³/mol. The molecule has 1 aliphatic heterocycles. The van der Waals surface area contributed by atoms with Crippen LogP contribution in [-0.2, 0) is 0 Å². The van der Waals surface area contributed by atoms with E-state index in [9.17, 15) is 9.50 Å². The molecule has 2 aromatic carbocycles.